The Morgan fingerprint density at radius 2 is 1.82 bits per heavy atom. The number of aryl methyl sites for hydroxylation is 3. The molecule has 2 aromatic heterocycles. The van der Waals surface area contributed by atoms with E-state index in [0.717, 1.165) is 17.0 Å². The number of para-hydroxylation sites is 1. The highest BCUT2D eigenvalue weighted by Crippen LogP contribution is 2.18. The van der Waals surface area contributed by atoms with Crippen LogP contribution in [0, 0.1) is 20.8 Å². The molecule has 0 spiro atoms. The molecule has 0 fully saturated rings. The number of aromatic nitrogens is 4. The van der Waals surface area contributed by atoms with Crippen LogP contribution in [-0.2, 0) is 10.0 Å². The zero-order chi connectivity index (χ0) is 15.9. The molecule has 0 saturated carbocycles. The number of anilines is 1. The monoisotopic (exact) mass is 317 g/mol. The summed E-state index contributed by atoms with van der Waals surface area (Å²) in [5.41, 5.74) is 2.85. The predicted octanol–water partition coefficient (Wildman–Crippen LogP) is 1.85. The van der Waals surface area contributed by atoms with Crippen LogP contribution in [0.15, 0.2) is 35.5 Å². The first-order valence-corrected chi connectivity index (χ1v) is 8.14. The molecule has 22 heavy (non-hydrogen) atoms. The lowest BCUT2D eigenvalue weighted by atomic mass is 10.2. The van der Waals surface area contributed by atoms with Crippen LogP contribution in [0.4, 0.5) is 5.69 Å². The van der Waals surface area contributed by atoms with Gasteiger partial charge in [0.15, 0.2) is 0 Å². The number of fused-ring (bicyclic) bond motifs is 1. The van der Waals surface area contributed by atoms with Crippen molar-refractivity contribution in [1.82, 2.24) is 19.6 Å². The molecule has 7 nitrogen and oxygen atoms in total. The number of hydrogen-bond acceptors (Lipinski definition) is 5. The summed E-state index contributed by atoms with van der Waals surface area (Å²) in [5, 5.41) is 3.75. The van der Waals surface area contributed by atoms with E-state index in [9.17, 15) is 8.42 Å². The van der Waals surface area contributed by atoms with Gasteiger partial charge in [-0.3, -0.25) is 4.72 Å². The molecule has 0 aliphatic rings. The summed E-state index contributed by atoms with van der Waals surface area (Å²) in [6.07, 6.45) is 0. The largest absolute Gasteiger partial charge is 0.299 e. The van der Waals surface area contributed by atoms with Gasteiger partial charge in [0.1, 0.15) is 0 Å². The normalized spacial score (nSPS) is 11.8. The quantitative estimate of drug-likeness (QED) is 0.796. The van der Waals surface area contributed by atoms with Crippen molar-refractivity contribution < 1.29 is 8.42 Å². The van der Waals surface area contributed by atoms with E-state index in [2.05, 4.69) is 19.8 Å². The molecule has 114 valence electrons. The molecular formula is C14H15N5O2S. The predicted molar refractivity (Wildman–Crippen MR) is 82.2 cm³/mol. The van der Waals surface area contributed by atoms with Gasteiger partial charge in [-0.2, -0.15) is 13.4 Å². The minimum atomic E-state index is -3.86. The molecular weight excluding hydrogens is 302 g/mol. The number of rotatable bonds is 3. The van der Waals surface area contributed by atoms with E-state index in [1.165, 1.54) is 4.52 Å². The van der Waals surface area contributed by atoms with Gasteiger partial charge in [-0.05, 0) is 38.5 Å². The van der Waals surface area contributed by atoms with Crippen molar-refractivity contribution in [2.24, 2.45) is 0 Å². The molecule has 0 atom stereocenters. The van der Waals surface area contributed by atoms with Gasteiger partial charge in [0.25, 0.3) is 21.0 Å². The summed E-state index contributed by atoms with van der Waals surface area (Å²) in [6.45, 7) is 5.47. The average Bonchev–Trinajstić information content (AvgIpc) is 2.86. The zero-order valence-electron chi connectivity index (χ0n) is 12.4. The maximum absolute atomic E-state index is 12.4. The lowest BCUT2D eigenvalue weighted by Crippen LogP contribution is -2.15. The fourth-order valence-corrected chi connectivity index (χ4v) is 3.14. The number of benzene rings is 1. The molecule has 3 aromatic rings. The van der Waals surface area contributed by atoms with Gasteiger partial charge in [-0.1, -0.05) is 18.2 Å². The first-order chi connectivity index (χ1) is 10.4. The van der Waals surface area contributed by atoms with E-state index in [1.54, 1.807) is 12.1 Å². The second kappa shape index (κ2) is 5.06. The molecule has 1 N–H and O–H groups in total. The summed E-state index contributed by atoms with van der Waals surface area (Å²) in [7, 11) is -3.86. The van der Waals surface area contributed by atoms with Crippen LogP contribution in [0.5, 0.6) is 0 Å². The van der Waals surface area contributed by atoms with E-state index in [4.69, 9.17) is 0 Å². The van der Waals surface area contributed by atoms with E-state index in [0.29, 0.717) is 5.69 Å². The first kappa shape index (κ1) is 14.5. The highest BCUT2D eigenvalue weighted by atomic mass is 32.2. The second-order valence-electron chi connectivity index (χ2n) is 5.07. The Hall–Kier alpha value is -2.48. The zero-order valence-corrected chi connectivity index (χ0v) is 13.2. The molecule has 1 aromatic carbocycles. The highest BCUT2D eigenvalue weighted by Gasteiger charge is 2.22. The molecule has 8 heteroatoms. The van der Waals surface area contributed by atoms with Crippen LogP contribution in [0.2, 0.25) is 0 Å². The summed E-state index contributed by atoms with van der Waals surface area (Å²) in [5.74, 6) is 0.266. The third-order valence-electron chi connectivity index (χ3n) is 3.23. The summed E-state index contributed by atoms with van der Waals surface area (Å²) in [4.78, 5) is 8.21. The molecule has 3 rings (SSSR count). The standard InChI is InChI=1S/C14H15N5O2S/c1-9-6-4-5-7-12(9)18-22(20,21)14-16-13-15-10(2)8-11(3)19(13)17-14/h4-8,18H,1-3H3. The molecule has 0 aliphatic heterocycles. The summed E-state index contributed by atoms with van der Waals surface area (Å²) in [6, 6.07) is 8.93. The number of nitrogens with one attached hydrogen (secondary N) is 1. The van der Waals surface area contributed by atoms with E-state index in [-0.39, 0.29) is 10.9 Å². The van der Waals surface area contributed by atoms with Gasteiger partial charge in [0.2, 0.25) is 0 Å². The van der Waals surface area contributed by atoms with Crippen LogP contribution in [0.25, 0.3) is 5.78 Å². The van der Waals surface area contributed by atoms with Crippen molar-refractivity contribution in [2.75, 3.05) is 4.72 Å². The van der Waals surface area contributed by atoms with Gasteiger partial charge >= 0.3 is 0 Å². The third kappa shape index (κ3) is 2.52. The van der Waals surface area contributed by atoms with Crippen LogP contribution in [0.3, 0.4) is 0 Å². The topological polar surface area (TPSA) is 89.3 Å². The Morgan fingerprint density at radius 3 is 2.55 bits per heavy atom. The maximum Gasteiger partial charge on any atom is 0.299 e. The van der Waals surface area contributed by atoms with Crippen LogP contribution < -0.4 is 4.72 Å². The van der Waals surface area contributed by atoms with Crippen molar-refractivity contribution in [3.8, 4) is 0 Å². The van der Waals surface area contributed by atoms with Gasteiger partial charge in [0.05, 0.1) is 5.69 Å². The summed E-state index contributed by atoms with van der Waals surface area (Å²) >= 11 is 0. The Morgan fingerprint density at radius 1 is 1.09 bits per heavy atom. The maximum atomic E-state index is 12.4. The molecule has 0 amide bonds. The number of hydrogen-bond donors (Lipinski definition) is 1. The number of nitrogens with zero attached hydrogens (tertiary/aromatic N) is 4. The molecule has 0 saturated heterocycles. The molecule has 0 unspecified atom stereocenters. The average molecular weight is 317 g/mol. The molecule has 2 heterocycles. The van der Waals surface area contributed by atoms with E-state index in [1.807, 2.05) is 39.0 Å². The lowest BCUT2D eigenvalue weighted by molar-refractivity contribution is 0.592. The van der Waals surface area contributed by atoms with Crippen LogP contribution >= 0.6 is 0 Å². The van der Waals surface area contributed by atoms with Crippen molar-refractivity contribution in [2.45, 2.75) is 25.9 Å². The molecule has 0 bridgehead atoms. The van der Waals surface area contributed by atoms with Gasteiger partial charge in [-0.25, -0.2) is 9.50 Å². The Balaban J connectivity index is 2.06. The van der Waals surface area contributed by atoms with Gasteiger partial charge < -0.3 is 0 Å². The Bertz CT molecular complexity index is 963. The van der Waals surface area contributed by atoms with Crippen molar-refractivity contribution in [1.29, 1.82) is 0 Å². The van der Waals surface area contributed by atoms with Crippen LogP contribution in [0.1, 0.15) is 17.0 Å². The molecule has 0 radical (unpaired) electrons. The van der Waals surface area contributed by atoms with E-state index >= 15 is 0 Å². The SMILES string of the molecule is Cc1cc(C)n2nc(S(=O)(=O)Nc3ccccc3C)nc2n1. The summed E-state index contributed by atoms with van der Waals surface area (Å²) < 4.78 is 28.8. The van der Waals surface area contributed by atoms with Gasteiger partial charge in [0, 0.05) is 11.4 Å². The second-order valence-corrected chi connectivity index (χ2v) is 6.64. The number of sulfonamides is 1. The fraction of sp³-hybridized carbons (Fsp3) is 0.214. The van der Waals surface area contributed by atoms with Gasteiger partial charge in [-0.15, -0.1) is 5.10 Å². The fourth-order valence-electron chi connectivity index (χ4n) is 2.14. The highest BCUT2D eigenvalue weighted by molar-refractivity contribution is 7.92. The first-order valence-electron chi connectivity index (χ1n) is 6.66. The van der Waals surface area contributed by atoms with E-state index < -0.39 is 10.0 Å². The minimum absolute atomic E-state index is 0.266. The lowest BCUT2D eigenvalue weighted by Gasteiger charge is -2.07. The smallest absolute Gasteiger partial charge is 0.277 e. The van der Waals surface area contributed by atoms with Crippen molar-refractivity contribution in [3.63, 3.8) is 0 Å². The molecule has 0 aliphatic carbocycles. The van der Waals surface area contributed by atoms with Crippen molar-refractivity contribution in [3.05, 3.63) is 47.3 Å². The minimum Gasteiger partial charge on any atom is -0.277 e. The Kier molecular flexibility index (Phi) is 3.32. The van der Waals surface area contributed by atoms with Crippen molar-refractivity contribution >= 4 is 21.5 Å². The third-order valence-corrected chi connectivity index (χ3v) is 4.37. The Labute approximate surface area is 128 Å². The van der Waals surface area contributed by atoms with Crippen LogP contribution in [-0.4, -0.2) is 28.0 Å².